The van der Waals surface area contributed by atoms with Crippen molar-refractivity contribution >= 4 is 15.9 Å². The fraction of sp³-hybridized carbons (Fsp3) is 0.429. The zero-order valence-corrected chi connectivity index (χ0v) is 16.3. The topological polar surface area (TPSA) is 12.5 Å². The van der Waals surface area contributed by atoms with Crippen molar-refractivity contribution in [3.8, 4) is 0 Å². The van der Waals surface area contributed by atoms with Gasteiger partial charge in [-0.3, -0.25) is 0 Å². The number of nitrogens with zero attached hydrogens (tertiary/aromatic N) is 1. The molecule has 2 aromatic rings. The van der Waals surface area contributed by atoms with Crippen molar-refractivity contribution < 1.29 is 4.74 Å². The molecule has 2 aromatic carbocycles. The molecule has 0 fully saturated rings. The Bertz CT molecular complexity index is 681. The first kappa shape index (κ1) is 17.7. The van der Waals surface area contributed by atoms with Crippen LogP contribution in [-0.4, -0.2) is 31.6 Å². The van der Waals surface area contributed by atoms with Gasteiger partial charge in [0.25, 0.3) is 0 Å². The number of halogens is 1. The molecule has 0 aromatic heterocycles. The molecular weight excluding hydrogens is 362 g/mol. The Morgan fingerprint density at radius 1 is 1.17 bits per heavy atom. The van der Waals surface area contributed by atoms with Gasteiger partial charge in [-0.1, -0.05) is 46.3 Å². The summed E-state index contributed by atoms with van der Waals surface area (Å²) < 4.78 is 7.29. The zero-order chi connectivity index (χ0) is 17.1. The average Bonchev–Trinajstić information content (AvgIpc) is 2.60. The molecule has 0 N–H and O–H groups in total. The van der Waals surface area contributed by atoms with E-state index in [1.807, 2.05) is 0 Å². The van der Waals surface area contributed by atoms with E-state index in [1.54, 1.807) is 0 Å². The van der Waals surface area contributed by atoms with Gasteiger partial charge in [0.15, 0.2) is 0 Å². The van der Waals surface area contributed by atoms with E-state index < -0.39 is 0 Å². The summed E-state index contributed by atoms with van der Waals surface area (Å²) in [6, 6.07) is 15.9. The molecule has 0 amide bonds. The minimum Gasteiger partial charge on any atom is -0.369 e. The van der Waals surface area contributed by atoms with E-state index in [0.717, 1.165) is 17.3 Å². The summed E-state index contributed by atoms with van der Waals surface area (Å²) in [5.41, 5.74) is 5.54. The summed E-state index contributed by atoms with van der Waals surface area (Å²) in [6.07, 6.45) is 3.52. The Morgan fingerprint density at radius 3 is 2.58 bits per heavy atom. The maximum absolute atomic E-state index is 6.19. The van der Waals surface area contributed by atoms with Crippen molar-refractivity contribution in [2.24, 2.45) is 0 Å². The lowest BCUT2D eigenvalue weighted by Gasteiger charge is -2.33. The monoisotopic (exact) mass is 387 g/mol. The van der Waals surface area contributed by atoms with E-state index in [0.29, 0.717) is 12.6 Å². The molecule has 3 heteroatoms. The van der Waals surface area contributed by atoms with Crippen molar-refractivity contribution in [2.75, 3.05) is 20.7 Å². The number of hydrogen-bond donors (Lipinski definition) is 0. The highest BCUT2D eigenvalue weighted by Gasteiger charge is 2.26. The molecule has 0 spiro atoms. The van der Waals surface area contributed by atoms with Crippen molar-refractivity contribution in [1.82, 2.24) is 4.90 Å². The van der Waals surface area contributed by atoms with Gasteiger partial charge in [-0.25, -0.2) is 0 Å². The van der Waals surface area contributed by atoms with Gasteiger partial charge in [0.2, 0.25) is 0 Å². The van der Waals surface area contributed by atoms with Crippen LogP contribution in [0.15, 0.2) is 46.9 Å². The molecule has 0 bridgehead atoms. The molecule has 0 heterocycles. The standard InChI is InChI=1S/C21H26BrNO/c1-4-24-21(16-8-11-17(22)12-9-16)19-7-5-6-15-10-13-18(23(2)3)14-20(15)19/h5-9,11-12,18,21H,4,10,13-14H2,1-3H3/t18?,21-/m1/s1. The quantitative estimate of drug-likeness (QED) is 0.715. The fourth-order valence-electron chi connectivity index (χ4n) is 3.65. The molecule has 24 heavy (non-hydrogen) atoms. The Kier molecular flexibility index (Phi) is 5.75. The summed E-state index contributed by atoms with van der Waals surface area (Å²) in [7, 11) is 4.38. The Morgan fingerprint density at radius 2 is 1.92 bits per heavy atom. The molecule has 2 atom stereocenters. The highest BCUT2D eigenvalue weighted by atomic mass is 79.9. The normalized spacial score (nSPS) is 18.5. The summed E-state index contributed by atoms with van der Waals surface area (Å²) in [4.78, 5) is 2.36. The molecule has 1 aliphatic rings. The number of hydrogen-bond acceptors (Lipinski definition) is 2. The van der Waals surface area contributed by atoms with Gasteiger partial charge < -0.3 is 9.64 Å². The predicted molar refractivity (Wildman–Crippen MR) is 104 cm³/mol. The van der Waals surface area contributed by atoms with E-state index in [9.17, 15) is 0 Å². The van der Waals surface area contributed by atoms with Gasteiger partial charge in [-0.05, 0) is 74.7 Å². The lowest BCUT2D eigenvalue weighted by atomic mass is 9.82. The highest BCUT2D eigenvalue weighted by molar-refractivity contribution is 9.10. The van der Waals surface area contributed by atoms with E-state index in [4.69, 9.17) is 4.74 Å². The van der Waals surface area contributed by atoms with Gasteiger partial charge in [0, 0.05) is 17.1 Å². The van der Waals surface area contributed by atoms with Crippen LogP contribution >= 0.6 is 15.9 Å². The van der Waals surface area contributed by atoms with Crippen molar-refractivity contribution in [1.29, 1.82) is 0 Å². The second kappa shape index (κ2) is 7.81. The van der Waals surface area contributed by atoms with Crippen LogP contribution in [0, 0.1) is 0 Å². The van der Waals surface area contributed by atoms with Crippen LogP contribution in [0.4, 0.5) is 0 Å². The maximum Gasteiger partial charge on any atom is 0.108 e. The smallest absolute Gasteiger partial charge is 0.108 e. The molecule has 0 saturated heterocycles. The SMILES string of the molecule is CCO[C@H](c1ccc(Br)cc1)c1cccc2c1CC(N(C)C)CC2. The van der Waals surface area contributed by atoms with E-state index in [1.165, 1.54) is 28.7 Å². The second-order valence-electron chi connectivity index (χ2n) is 6.73. The summed E-state index contributed by atoms with van der Waals surface area (Å²) in [5, 5.41) is 0. The first-order valence-corrected chi connectivity index (χ1v) is 9.53. The van der Waals surface area contributed by atoms with Crippen molar-refractivity contribution in [3.05, 3.63) is 69.2 Å². The second-order valence-corrected chi connectivity index (χ2v) is 7.65. The minimum absolute atomic E-state index is 0.0129. The third-order valence-corrected chi connectivity index (χ3v) is 5.54. The van der Waals surface area contributed by atoms with Crippen molar-refractivity contribution in [3.63, 3.8) is 0 Å². The zero-order valence-electron chi connectivity index (χ0n) is 14.8. The Balaban J connectivity index is 2.01. The third kappa shape index (κ3) is 3.74. The molecule has 0 radical (unpaired) electrons. The van der Waals surface area contributed by atoms with Gasteiger partial charge in [-0.15, -0.1) is 0 Å². The Labute approximate surface area is 154 Å². The number of ether oxygens (including phenoxy) is 1. The molecule has 2 nitrogen and oxygen atoms in total. The van der Waals surface area contributed by atoms with Gasteiger partial charge in [0.05, 0.1) is 0 Å². The van der Waals surface area contributed by atoms with Gasteiger partial charge >= 0.3 is 0 Å². The Hall–Kier alpha value is -1.16. The summed E-state index contributed by atoms with van der Waals surface area (Å²) >= 11 is 3.53. The molecular formula is C21H26BrNO. The van der Waals surface area contributed by atoms with Crippen LogP contribution in [0.5, 0.6) is 0 Å². The van der Waals surface area contributed by atoms with Crippen molar-refractivity contribution in [2.45, 2.75) is 38.3 Å². The molecule has 0 aliphatic heterocycles. The fourth-order valence-corrected chi connectivity index (χ4v) is 3.92. The molecule has 0 saturated carbocycles. The molecule has 1 unspecified atom stereocenters. The van der Waals surface area contributed by atoms with Crippen LogP contribution in [0.3, 0.4) is 0 Å². The average molecular weight is 388 g/mol. The minimum atomic E-state index is 0.0129. The van der Waals surface area contributed by atoms with Gasteiger partial charge in [0.1, 0.15) is 6.10 Å². The molecule has 3 rings (SSSR count). The number of rotatable bonds is 5. The molecule has 1 aliphatic carbocycles. The van der Waals surface area contributed by atoms with Gasteiger partial charge in [-0.2, -0.15) is 0 Å². The molecule has 128 valence electrons. The first-order chi connectivity index (χ1) is 11.6. The summed E-state index contributed by atoms with van der Waals surface area (Å²) in [6.45, 7) is 2.78. The van der Waals surface area contributed by atoms with Crippen LogP contribution in [0.2, 0.25) is 0 Å². The number of likely N-dealkylation sites (N-methyl/N-ethyl adjacent to an activating group) is 1. The van der Waals surface area contributed by atoms with Crippen LogP contribution in [0.1, 0.15) is 41.7 Å². The van der Waals surface area contributed by atoms with E-state index >= 15 is 0 Å². The number of aryl methyl sites for hydroxylation is 1. The van der Waals surface area contributed by atoms with Crippen LogP contribution < -0.4 is 0 Å². The number of benzene rings is 2. The maximum atomic E-state index is 6.19. The highest BCUT2D eigenvalue weighted by Crippen LogP contribution is 2.35. The van der Waals surface area contributed by atoms with E-state index in [-0.39, 0.29) is 6.10 Å². The summed E-state index contributed by atoms with van der Waals surface area (Å²) in [5.74, 6) is 0. The first-order valence-electron chi connectivity index (χ1n) is 8.74. The lowest BCUT2D eigenvalue weighted by molar-refractivity contribution is 0.0901. The number of fused-ring (bicyclic) bond motifs is 1. The van der Waals surface area contributed by atoms with Crippen LogP contribution in [-0.2, 0) is 17.6 Å². The third-order valence-electron chi connectivity index (χ3n) is 5.01. The van der Waals surface area contributed by atoms with Crippen LogP contribution in [0.25, 0.3) is 0 Å². The largest absolute Gasteiger partial charge is 0.369 e. The van der Waals surface area contributed by atoms with E-state index in [2.05, 4.69) is 84.3 Å². The predicted octanol–water partition coefficient (Wildman–Crippen LogP) is 4.99. The lowest BCUT2D eigenvalue weighted by Crippen LogP contribution is -2.34.